The van der Waals surface area contributed by atoms with Crippen LogP contribution < -0.4 is 10.2 Å². The molecule has 0 saturated heterocycles. The molecule has 0 aliphatic carbocycles. The fourth-order valence-corrected chi connectivity index (χ4v) is 5.23. The molecule has 4 aromatic rings. The summed E-state index contributed by atoms with van der Waals surface area (Å²) in [5, 5.41) is 0.536. The highest BCUT2D eigenvalue weighted by atomic mass is 79.9. The smallest absolute Gasteiger partial charge is 0.290 e. The van der Waals surface area contributed by atoms with E-state index in [-0.39, 0.29) is 17.1 Å². The summed E-state index contributed by atoms with van der Waals surface area (Å²) in [5.74, 6) is 0.668. The Hall–Kier alpha value is -3.38. The number of hydrogen-bond acceptors (Lipinski definition) is 4. The number of methoxy groups -OCH3 is 1. The fraction of sp³-hybridized carbons (Fsp3) is 0.214. The summed E-state index contributed by atoms with van der Waals surface area (Å²) < 4.78 is 12.3. The van der Waals surface area contributed by atoms with Gasteiger partial charge in [0.1, 0.15) is 11.3 Å². The van der Waals surface area contributed by atoms with Crippen LogP contribution >= 0.6 is 15.9 Å². The molecule has 1 aliphatic heterocycles. The third-order valence-corrected chi connectivity index (χ3v) is 6.87. The third-order valence-electron chi connectivity index (χ3n) is 6.38. The number of aryl methyl sites for hydroxylation is 2. The Morgan fingerprint density at radius 3 is 2.50 bits per heavy atom. The molecule has 1 atom stereocenters. The second-order valence-corrected chi connectivity index (χ2v) is 9.60. The summed E-state index contributed by atoms with van der Waals surface area (Å²) in [6.45, 7) is 4.30. The van der Waals surface area contributed by atoms with Gasteiger partial charge in [0.2, 0.25) is 5.76 Å². The average Bonchev–Trinajstić information content (AvgIpc) is 3.09. The lowest BCUT2D eigenvalue weighted by atomic mass is 9.97. The first-order valence-electron chi connectivity index (χ1n) is 11.1. The molecular formula is C28H24BrNO4. The highest BCUT2D eigenvalue weighted by molar-refractivity contribution is 9.10. The molecule has 1 aliphatic rings. The van der Waals surface area contributed by atoms with Gasteiger partial charge in [-0.2, -0.15) is 0 Å². The Morgan fingerprint density at radius 1 is 1.03 bits per heavy atom. The van der Waals surface area contributed by atoms with Gasteiger partial charge in [0.25, 0.3) is 5.91 Å². The first-order chi connectivity index (χ1) is 16.4. The maximum Gasteiger partial charge on any atom is 0.290 e. The van der Waals surface area contributed by atoms with Crippen molar-refractivity contribution in [1.82, 2.24) is 4.90 Å². The molecule has 0 radical (unpaired) electrons. The van der Waals surface area contributed by atoms with Crippen LogP contribution in [0.1, 0.15) is 44.4 Å². The molecule has 2 heterocycles. The standard InChI is InChI=1S/C28H24BrNO4/c1-16-13-17(2)23-22(14-16)34-27-24(26(23)31)25(19-5-4-6-20(29)15-19)30(28(27)32)12-11-18-7-9-21(33-3)10-8-18/h4-10,13-15,25H,11-12H2,1-3H3. The molecule has 5 nitrogen and oxygen atoms in total. The van der Waals surface area contributed by atoms with Crippen LogP contribution in [0.3, 0.4) is 0 Å². The van der Waals surface area contributed by atoms with E-state index in [1.165, 1.54) is 0 Å². The summed E-state index contributed by atoms with van der Waals surface area (Å²) in [5.41, 5.74) is 4.51. The Morgan fingerprint density at radius 2 is 1.79 bits per heavy atom. The van der Waals surface area contributed by atoms with Gasteiger partial charge in [-0.05, 0) is 72.9 Å². The van der Waals surface area contributed by atoms with Gasteiger partial charge in [0, 0.05) is 11.0 Å². The van der Waals surface area contributed by atoms with Crippen LogP contribution in [0.15, 0.2) is 74.3 Å². The van der Waals surface area contributed by atoms with E-state index in [1.54, 1.807) is 12.0 Å². The van der Waals surface area contributed by atoms with Gasteiger partial charge in [0.15, 0.2) is 5.43 Å². The number of rotatable bonds is 5. The van der Waals surface area contributed by atoms with Gasteiger partial charge >= 0.3 is 0 Å². The molecular weight excluding hydrogens is 494 g/mol. The van der Waals surface area contributed by atoms with Crippen molar-refractivity contribution >= 4 is 32.8 Å². The van der Waals surface area contributed by atoms with Gasteiger partial charge in [-0.25, -0.2) is 0 Å². The van der Waals surface area contributed by atoms with Crippen LogP contribution in [0.4, 0.5) is 0 Å². The molecule has 0 fully saturated rings. The number of ether oxygens (including phenoxy) is 1. The van der Waals surface area contributed by atoms with Crippen molar-refractivity contribution in [2.24, 2.45) is 0 Å². The Balaban J connectivity index is 1.63. The van der Waals surface area contributed by atoms with Gasteiger partial charge in [-0.15, -0.1) is 0 Å². The van der Waals surface area contributed by atoms with E-state index in [9.17, 15) is 9.59 Å². The zero-order valence-electron chi connectivity index (χ0n) is 19.2. The molecule has 5 rings (SSSR count). The molecule has 1 amide bonds. The van der Waals surface area contributed by atoms with E-state index < -0.39 is 6.04 Å². The van der Waals surface area contributed by atoms with Gasteiger partial charge < -0.3 is 14.1 Å². The number of carbonyl (C=O) groups excluding carboxylic acids is 1. The number of nitrogens with zero attached hydrogens (tertiary/aromatic N) is 1. The third kappa shape index (κ3) is 3.82. The summed E-state index contributed by atoms with van der Waals surface area (Å²) in [6, 6.07) is 18.8. The van der Waals surface area contributed by atoms with Crippen LogP contribution in [0.25, 0.3) is 11.0 Å². The quantitative estimate of drug-likeness (QED) is 0.327. The summed E-state index contributed by atoms with van der Waals surface area (Å²) >= 11 is 3.53. The molecule has 3 aromatic carbocycles. The number of halogens is 1. The van der Waals surface area contributed by atoms with Gasteiger partial charge in [-0.1, -0.05) is 46.3 Å². The Labute approximate surface area is 206 Å². The number of fused-ring (bicyclic) bond motifs is 2. The topological polar surface area (TPSA) is 59.8 Å². The second kappa shape index (κ2) is 8.76. The second-order valence-electron chi connectivity index (χ2n) is 8.68. The lowest BCUT2D eigenvalue weighted by molar-refractivity contribution is 0.0730. The van der Waals surface area contributed by atoms with Crippen molar-refractivity contribution in [1.29, 1.82) is 0 Å². The van der Waals surface area contributed by atoms with E-state index in [1.807, 2.05) is 74.5 Å². The van der Waals surface area contributed by atoms with E-state index in [0.29, 0.717) is 29.5 Å². The zero-order chi connectivity index (χ0) is 24.0. The molecule has 172 valence electrons. The van der Waals surface area contributed by atoms with E-state index >= 15 is 0 Å². The van der Waals surface area contributed by atoms with Gasteiger partial charge in [-0.3, -0.25) is 9.59 Å². The molecule has 0 bridgehead atoms. The molecule has 0 N–H and O–H groups in total. The fourth-order valence-electron chi connectivity index (χ4n) is 4.81. The molecule has 34 heavy (non-hydrogen) atoms. The van der Waals surface area contributed by atoms with Crippen LogP contribution in [0.2, 0.25) is 0 Å². The average molecular weight is 518 g/mol. The molecule has 1 unspecified atom stereocenters. The van der Waals surface area contributed by atoms with Gasteiger partial charge in [0.05, 0.1) is 24.1 Å². The van der Waals surface area contributed by atoms with Crippen molar-refractivity contribution in [3.63, 3.8) is 0 Å². The van der Waals surface area contributed by atoms with E-state index in [0.717, 1.165) is 32.5 Å². The van der Waals surface area contributed by atoms with Crippen molar-refractivity contribution in [2.45, 2.75) is 26.3 Å². The summed E-state index contributed by atoms with van der Waals surface area (Å²) in [6.07, 6.45) is 0.639. The van der Waals surface area contributed by atoms with Crippen molar-refractivity contribution < 1.29 is 13.9 Å². The van der Waals surface area contributed by atoms with Crippen molar-refractivity contribution in [2.75, 3.05) is 13.7 Å². The van der Waals surface area contributed by atoms with E-state index in [2.05, 4.69) is 15.9 Å². The minimum Gasteiger partial charge on any atom is -0.497 e. The first kappa shape index (κ1) is 22.4. The van der Waals surface area contributed by atoms with Crippen molar-refractivity contribution in [3.8, 4) is 5.75 Å². The van der Waals surface area contributed by atoms with Crippen LogP contribution in [-0.4, -0.2) is 24.5 Å². The number of carbonyl (C=O) groups is 1. The maximum absolute atomic E-state index is 13.8. The summed E-state index contributed by atoms with van der Waals surface area (Å²) in [7, 11) is 1.63. The minimum absolute atomic E-state index is 0.140. The highest BCUT2D eigenvalue weighted by Crippen LogP contribution is 2.39. The highest BCUT2D eigenvalue weighted by Gasteiger charge is 2.42. The molecule has 1 aromatic heterocycles. The predicted octanol–water partition coefficient (Wildman–Crippen LogP) is 5.97. The monoisotopic (exact) mass is 517 g/mol. The SMILES string of the molecule is COc1ccc(CCN2C(=O)c3oc4cc(C)cc(C)c4c(=O)c3C2c2cccc(Br)c2)cc1. The Kier molecular flexibility index (Phi) is 5.78. The predicted molar refractivity (Wildman–Crippen MR) is 136 cm³/mol. The lowest BCUT2D eigenvalue weighted by Crippen LogP contribution is -2.31. The zero-order valence-corrected chi connectivity index (χ0v) is 20.8. The van der Waals surface area contributed by atoms with Crippen LogP contribution in [0.5, 0.6) is 5.75 Å². The molecule has 0 spiro atoms. The molecule has 6 heteroatoms. The van der Waals surface area contributed by atoms with Crippen molar-refractivity contribution in [3.05, 3.63) is 109 Å². The van der Waals surface area contributed by atoms with Crippen LogP contribution in [-0.2, 0) is 6.42 Å². The molecule has 0 saturated carbocycles. The largest absolute Gasteiger partial charge is 0.497 e. The Bertz CT molecular complexity index is 1470. The summed E-state index contributed by atoms with van der Waals surface area (Å²) in [4.78, 5) is 29.2. The minimum atomic E-state index is -0.514. The van der Waals surface area contributed by atoms with E-state index in [4.69, 9.17) is 9.15 Å². The number of amides is 1. The first-order valence-corrected chi connectivity index (χ1v) is 11.9. The number of benzene rings is 3. The van der Waals surface area contributed by atoms with Crippen LogP contribution in [0, 0.1) is 13.8 Å². The maximum atomic E-state index is 13.8. The normalized spacial score (nSPS) is 15.1. The lowest BCUT2D eigenvalue weighted by Gasteiger charge is -2.25. The number of hydrogen-bond donors (Lipinski definition) is 0.